The predicted molar refractivity (Wildman–Crippen MR) is 143 cm³/mol. The number of ketones is 1. The molecule has 8 nitrogen and oxygen atoms in total. The third kappa shape index (κ3) is 4.72. The molecule has 0 spiro atoms. The smallest absolute Gasteiger partial charge is 0.338 e. The summed E-state index contributed by atoms with van der Waals surface area (Å²) in [7, 11) is 3.09. The average molecular weight is 516 g/mol. The number of hydrogen-bond donors (Lipinski definition) is 1. The Balaban J connectivity index is 1.94. The van der Waals surface area contributed by atoms with Gasteiger partial charge in [0.1, 0.15) is 17.3 Å². The van der Waals surface area contributed by atoms with E-state index in [9.17, 15) is 19.5 Å². The van der Waals surface area contributed by atoms with Crippen molar-refractivity contribution in [3.63, 3.8) is 0 Å². The SMILES string of the molecule is CCOC(=O)c1cccc(N2C(=O)C(=O)/C(=C(/O)c3cc(C)c(OC)cc3C)C2c2ccc(OC)cc2)c1. The lowest BCUT2D eigenvalue weighted by atomic mass is 9.93. The number of anilines is 1. The Morgan fingerprint density at radius 2 is 1.66 bits per heavy atom. The Bertz CT molecular complexity index is 1440. The number of aryl methyl sites for hydroxylation is 2. The zero-order valence-corrected chi connectivity index (χ0v) is 21.9. The maximum absolute atomic E-state index is 13.5. The standard InChI is InChI=1S/C30H29NO7/c1-6-38-30(35)20-8-7-9-21(16-20)31-26(19-10-12-22(36-4)13-11-19)25(28(33)29(31)34)27(32)23-14-18(3)24(37-5)15-17(23)2/h7-16,26,32H,6H2,1-5H3/b27-25+. The number of Topliss-reactive ketones (excluding diaryl/α,β-unsaturated/α-hetero) is 1. The Kier molecular flexibility index (Phi) is 7.52. The summed E-state index contributed by atoms with van der Waals surface area (Å²) in [6.45, 7) is 5.51. The van der Waals surface area contributed by atoms with Gasteiger partial charge in [-0.15, -0.1) is 0 Å². The van der Waals surface area contributed by atoms with E-state index in [4.69, 9.17) is 14.2 Å². The van der Waals surface area contributed by atoms with E-state index >= 15 is 0 Å². The van der Waals surface area contributed by atoms with Crippen LogP contribution in [0.5, 0.6) is 11.5 Å². The number of nitrogens with zero attached hydrogens (tertiary/aromatic N) is 1. The summed E-state index contributed by atoms with van der Waals surface area (Å²) in [6, 6.07) is 15.8. The van der Waals surface area contributed by atoms with Crippen LogP contribution in [0.3, 0.4) is 0 Å². The molecular weight excluding hydrogens is 486 g/mol. The van der Waals surface area contributed by atoms with Crippen LogP contribution in [0.4, 0.5) is 5.69 Å². The van der Waals surface area contributed by atoms with Crippen molar-refractivity contribution in [2.75, 3.05) is 25.7 Å². The molecule has 0 aromatic heterocycles. The molecule has 3 aromatic rings. The van der Waals surface area contributed by atoms with E-state index in [2.05, 4.69) is 0 Å². The van der Waals surface area contributed by atoms with Gasteiger partial charge >= 0.3 is 5.97 Å². The number of aliphatic hydroxyl groups excluding tert-OH is 1. The van der Waals surface area contributed by atoms with Gasteiger partial charge in [-0.1, -0.05) is 18.2 Å². The molecule has 38 heavy (non-hydrogen) atoms. The molecule has 1 fully saturated rings. The number of ether oxygens (including phenoxy) is 3. The number of amides is 1. The normalized spacial score (nSPS) is 16.4. The van der Waals surface area contributed by atoms with E-state index < -0.39 is 23.7 Å². The molecule has 196 valence electrons. The molecule has 1 heterocycles. The summed E-state index contributed by atoms with van der Waals surface area (Å²) in [5.74, 6) is -1.26. The van der Waals surface area contributed by atoms with E-state index in [-0.39, 0.29) is 23.5 Å². The largest absolute Gasteiger partial charge is 0.507 e. The van der Waals surface area contributed by atoms with E-state index in [1.165, 1.54) is 18.1 Å². The Hall–Kier alpha value is -4.59. The highest BCUT2D eigenvalue weighted by molar-refractivity contribution is 6.51. The highest BCUT2D eigenvalue weighted by Gasteiger charge is 2.47. The highest BCUT2D eigenvalue weighted by Crippen LogP contribution is 2.43. The maximum atomic E-state index is 13.5. The number of benzene rings is 3. The molecule has 3 aromatic carbocycles. The van der Waals surface area contributed by atoms with Gasteiger partial charge < -0.3 is 19.3 Å². The number of hydrogen-bond acceptors (Lipinski definition) is 7. The molecule has 1 aliphatic heterocycles. The molecule has 0 radical (unpaired) electrons. The quantitative estimate of drug-likeness (QED) is 0.202. The molecule has 1 N–H and O–H groups in total. The first-order valence-corrected chi connectivity index (χ1v) is 12.1. The highest BCUT2D eigenvalue weighted by atomic mass is 16.5. The van der Waals surface area contributed by atoms with Crippen LogP contribution in [0, 0.1) is 13.8 Å². The van der Waals surface area contributed by atoms with Gasteiger partial charge in [0.2, 0.25) is 0 Å². The minimum Gasteiger partial charge on any atom is -0.507 e. The molecular formula is C30H29NO7. The van der Waals surface area contributed by atoms with Crippen molar-refractivity contribution in [3.8, 4) is 11.5 Å². The van der Waals surface area contributed by atoms with Gasteiger partial charge in [0.15, 0.2) is 0 Å². The third-order valence-corrected chi connectivity index (χ3v) is 6.51. The number of rotatable bonds is 7. The number of carbonyl (C=O) groups excluding carboxylic acids is 3. The number of carbonyl (C=O) groups is 3. The van der Waals surface area contributed by atoms with Crippen molar-refractivity contribution in [2.45, 2.75) is 26.8 Å². The first kappa shape index (κ1) is 26.5. The molecule has 8 heteroatoms. The molecule has 1 unspecified atom stereocenters. The summed E-state index contributed by atoms with van der Waals surface area (Å²) in [5.41, 5.74) is 2.93. The number of esters is 1. The number of aliphatic hydroxyl groups is 1. The van der Waals surface area contributed by atoms with Crippen molar-refractivity contribution in [1.29, 1.82) is 0 Å². The minimum atomic E-state index is -0.958. The van der Waals surface area contributed by atoms with E-state index in [1.54, 1.807) is 75.6 Å². The van der Waals surface area contributed by atoms with Crippen molar-refractivity contribution in [3.05, 3.63) is 94.1 Å². The van der Waals surface area contributed by atoms with Gasteiger partial charge in [-0.3, -0.25) is 14.5 Å². The van der Waals surface area contributed by atoms with Gasteiger partial charge in [-0.2, -0.15) is 0 Å². The zero-order chi connectivity index (χ0) is 27.6. The summed E-state index contributed by atoms with van der Waals surface area (Å²) in [5, 5.41) is 11.5. The maximum Gasteiger partial charge on any atom is 0.338 e. The second kappa shape index (κ2) is 10.8. The molecule has 1 atom stereocenters. The predicted octanol–water partition coefficient (Wildman–Crippen LogP) is 5.12. The van der Waals surface area contributed by atoms with Crippen molar-refractivity contribution < 1.29 is 33.7 Å². The fraction of sp³-hybridized carbons (Fsp3) is 0.233. The van der Waals surface area contributed by atoms with E-state index in [1.807, 2.05) is 6.92 Å². The van der Waals surface area contributed by atoms with Gasteiger partial charge in [-0.05, 0) is 79.9 Å². The Labute approximate surface area is 221 Å². The van der Waals surface area contributed by atoms with Crippen LogP contribution in [-0.2, 0) is 14.3 Å². The van der Waals surface area contributed by atoms with E-state index in [0.29, 0.717) is 33.9 Å². The monoisotopic (exact) mass is 515 g/mol. The summed E-state index contributed by atoms with van der Waals surface area (Å²) in [6.07, 6.45) is 0. The Morgan fingerprint density at radius 3 is 2.29 bits per heavy atom. The topological polar surface area (TPSA) is 102 Å². The third-order valence-electron chi connectivity index (χ3n) is 6.51. The molecule has 0 saturated carbocycles. The summed E-state index contributed by atoms with van der Waals surface area (Å²) < 4.78 is 15.8. The lowest BCUT2D eigenvalue weighted by Crippen LogP contribution is -2.29. The molecule has 1 aliphatic rings. The van der Waals surface area contributed by atoms with Gasteiger partial charge in [-0.25, -0.2) is 4.79 Å². The Morgan fingerprint density at radius 1 is 0.947 bits per heavy atom. The van der Waals surface area contributed by atoms with Gasteiger partial charge in [0.05, 0.1) is 38.0 Å². The van der Waals surface area contributed by atoms with Crippen LogP contribution in [0.1, 0.15) is 45.6 Å². The zero-order valence-electron chi connectivity index (χ0n) is 21.9. The first-order chi connectivity index (χ1) is 18.2. The van der Waals surface area contributed by atoms with Crippen LogP contribution >= 0.6 is 0 Å². The van der Waals surface area contributed by atoms with Crippen LogP contribution in [0.15, 0.2) is 66.2 Å². The lowest BCUT2D eigenvalue weighted by molar-refractivity contribution is -0.132. The molecule has 0 bridgehead atoms. The summed E-state index contributed by atoms with van der Waals surface area (Å²) in [4.78, 5) is 40.7. The van der Waals surface area contributed by atoms with Crippen LogP contribution in [-0.4, -0.2) is 43.6 Å². The lowest BCUT2D eigenvalue weighted by Gasteiger charge is -2.26. The second-order valence-electron chi connectivity index (χ2n) is 8.85. The summed E-state index contributed by atoms with van der Waals surface area (Å²) >= 11 is 0. The minimum absolute atomic E-state index is 0.0608. The molecule has 0 aliphatic carbocycles. The van der Waals surface area contributed by atoms with Crippen LogP contribution < -0.4 is 14.4 Å². The number of methoxy groups -OCH3 is 2. The van der Waals surface area contributed by atoms with Crippen molar-refractivity contribution in [1.82, 2.24) is 0 Å². The fourth-order valence-corrected chi connectivity index (χ4v) is 4.61. The average Bonchev–Trinajstić information content (AvgIpc) is 3.19. The van der Waals surface area contributed by atoms with Gasteiger partial charge in [0, 0.05) is 11.3 Å². The van der Waals surface area contributed by atoms with Gasteiger partial charge in [0.25, 0.3) is 11.7 Å². The molecule has 1 saturated heterocycles. The van der Waals surface area contributed by atoms with E-state index in [0.717, 1.165) is 5.56 Å². The van der Waals surface area contributed by atoms with Crippen molar-refractivity contribution in [2.24, 2.45) is 0 Å². The molecule has 1 amide bonds. The second-order valence-corrected chi connectivity index (χ2v) is 8.85. The van der Waals surface area contributed by atoms with Crippen molar-refractivity contribution >= 4 is 29.1 Å². The fourth-order valence-electron chi connectivity index (χ4n) is 4.61. The molecule has 4 rings (SSSR count). The van der Waals surface area contributed by atoms with Crippen LogP contribution in [0.2, 0.25) is 0 Å². The first-order valence-electron chi connectivity index (χ1n) is 12.1. The van der Waals surface area contributed by atoms with Crippen LogP contribution in [0.25, 0.3) is 5.76 Å².